The second-order valence-electron chi connectivity index (χ2n) is 3.64. The number of hydrogen-bond acceptors (Lipinski definition) is 3. The second-order valence-corrected chi connectivity index (χ2v) is 3.64. The molecule has 4 heteroatoms. The van der Waals surface area contributed by atoms with Crippen molar-refractivity contribution >= 4 is 5.97 Å². The molecule has 1 aromatic rings. The topological polar surface area (TPSA) is 72.5 Å². The highest BCUT2D eigenvalue weighted by atomic mass is 16.5. The lowest BCUT2D eigenvalue weighted by Crippen LogP contribution is -2.32. The van der Waals surface area contributed by atoms with Crippen LogP contribution < -0.4 is 10.5 Å². The SMILES string of the molecule is CC.CCCOc1ccc(CC(N)C(=O)O)cc1. The van der Waals surface area contributed by atoms with Crippen molar-refractivity contribution < 1.29 is 14.6 Å². The van der Waals surface area contributed by atoms with E-state index in [4.69, 9.17) is 15.6 Å². The molecule has 102 valence electrons. The van der Waals surface area contributed by atoms with E-state index < -0.39 is 12.0 Å². The molecule has 0 spiro atoms. The molecule has 0 fully saturated rings. The highest BCUT2D eigenvalue weighted by Crippen LogP contribution is 2.13. The van der Waals surface area contributed by atoms with E-state index in [-0.39, 0.29) is 0 Å². The van der Waals surface area contributed by atoms with Crippen LogP contribution in [-0.4, -0.2) is 23.7 Å². The van der Waals surface area contributed by atoms with Crippen molar-refractivity contribution in [3.05, 3.63) is 29.8 Å². The third-order valence-corrected chi connectivity index (χ3v) is 2.17. The Labute approximate surface area is 109 Å². The van der Waals surface area contributed by atoms with Gasteiger partial charge in [0.2, 0.25) is 0 Å². The summed E-state index contributed by atoms with van der Waals surface area (Å²) in [6.07, 6.45) is 1.30. The number of carbonyl (C=O) groups is 1. The first-order valence-electron chi connectivity index (χ1n) is 6.33. The van der Waals surface area contributed by atoms with Gasteiger partial charge in [-0.3, -0.25) is 4.79 Å². The molecule has 0 saturated heterocycles. The van der Waals surface area contributed by atoms with Crippen molar-refractivity contribution in [1.29, 1.82) is 0 Å². The van der Waals surface area contributed by atoms with Crippen LogP contribution in [0.4, 0.5) is 0 Å². The molecule has 0 aliphatic carbocycles. The summed E-state index contributed by atoms with van der Waals surface area (Å²) in [7, 11) is 0. The number of aliphatic carboxylic acids is 1. The summed E-state index contributed by atoms with van der Waals surface area (Å²) in [5.41, 5.74) is 6.34. The van der Waals surface area contributed by atoms with Crippen LogP contribution in [0.3, 0.4) is 0 Å². The van der Waals surface area contributed by atoms with E-state index in [1.807, 2.05) is 45.0 Å². The minimum Gasteiger partial charge on any atom is -0.494 e. The van der Waals surface area contributed by atoms with Crippen molar-refractivity contribution in [3.8, 4) is 5.75 Å². The maximum Gasteiger partial charge on any atom is 0.320 e. The van der Waals surface area contributed by atoms with Crippen LogP contribution in [0.2, 0.25) is 0 Å². The van der Waals surface area contributed by atoms with Gasteiger partial charge in [-0.05, 0) is 30.5 Å². The van der Waals surface area contributed by atoms with Gasteiger partial charge in [0.1, 0.15) is 11.8 Å². The van der Waals surface area contributed by atoms with E-state index in [0.717, 1.165) is 17.7 Å². The number of carboxylic acid groups (broad SMARTS) is 1. The summed E-state index contributed by atoms with van der Waals surface area (Å²) < 4.78 is 5.42. The molecule has 3 N–H and O–H groups in total. The van der Waals surface area contributed by atoms with Gasteiger partial charge in [0.05, 0.1) is 6.61 Å². The Hall–Kier alpha value is -1.55. The standard InChI is InChI=1S/C12H17NO3.C2H6/c1-2-7-16-10-5-3-9(4-6-10)8-11(13)12(14)15;1-2/h3-6,11H,2,7-8,13H2,1H3,(H,14,15);1-2H3. The highest BCUT2D eigenvalue weighted by molar-refractivity contribution is 5.73. The zero-order valence-corrected chi connectivity index (χ0v) is 11.3. The van der Waals surface area contributed by atoms with Crippen molar-refractivity contribution in [1.82, 2.24) is 0 Å². The largest absolute Gasteiger partial charge is 0.494 e. The number of rotatable bonds is 6. The molecule has 0 aliphatic rings. The van der Waals surface area contributed by atoms with Crippen LogP contribution in [0, 0.1) is 0 Å². The van der Waals surface area contributed by atoms with E-state index >= 15 is 0 Å². The average molecular weight is 253 g/mol. The smallest absolute Gasteiger partial charge is 0.320 e. The number of nitrogens with two attached hydrogens (primary N) is 1. The molecular formula is C14H23NO3. The third kappa shape index (κ3) is 6.25. The molecule has 0 aromatic heterocycles. The van der Waals surface area contributed by atoms with E-state index in [9.17, 15) is 4.79 Å². The molecular weight excluding hydrogens is 230 g/mol. The summed E-state index contributed by atoms with van der Waals surface area (Å²) >= 11 is 0. The minimum atomic E-state index is -0.980. The van der Waals surface area contributed by atoms with Gasteiger partial charge in [0, 0.05) is 0 Å². The predicted octanol–water partition coefficient (Wildman–Crippen LogP) is 2.46. The normalized spacial score (nSPS) is 11.1. The summed E-state index contributed by atoms with van der Waals surface area (Å²) in [5.74, 6) is -0.180. The average Bonchev–Trinajstić information content (AvgIpc) is 2.40. The quantitative estimate of drug-likeness (QED) is 0.816. The molecule has 4 nitrogen and oxygen atoms in total. The molecule has 0 saturated carbocycles. The summed E-state index contributed by atoms with van der Waals surface area (Å²) in [6.45, 7) is 6.73. The molecule has 1 rings (SSSR count). The van der Waals surface area contributed by atoms with Crippen molar-refractivity contribution in [3.63, 3.8) is 0 Å². The molecule has 1 unspecified atom stereocenters. The van der Waals surface area contributed by atoms with E-state index in [0.29, 0.717) is 13.0 Å². The lowest BCUT2D eigenvalue weighted by Gasteiger charge is -2.08. The van der Waals surface area contributed by atoms with Crippen molar-refractivity contribution in [2.24, 2.45) is 5.73 Å². The molecule has 0 bridgehead atoms. The maximum atomic E-state index is 10.6. The van der Waals surface area contributed by atoms with Gasteiger partial charge in [-0.1, -0.05) is 32.9 Å². The van der Waals surface area contributed by atoms with E-state index in [2.05, 4.69) is 0 Å². The van der Waals surface area contributed by atoms with Gasteiger partial charge in [0.15, 0.2) is 0 Å². The van der Waals surface area contributed by atoms with Gasteiger partial charge < -0.3 is 15.6 Å². The lowest BCUT2D eigenvalue weighted by atomic mass is 10.1. The van der Waals surface area contributed by atoms with Crippen LogP contribution in [0.5, 0.6) is 5.75 Å². The van der Waals surface area contributed by atoms with Crippen LogP contribution in [0.25, 0.3) is 0 Å². The molecule has 0 heterocycles. The van der Waals surface area contributed by atoms with Crippen LogP contribution >= 0.6 is 0 Å². The highest BCUT2D eigenvalue weighted by Gasteiger charge is 2.11. The van der Waals surface area contributed by atoms with Gasteiger partial charge in [-0.25, -0.2) is 0 Å². The Balaban J connectivity index is 0.00000137. The Bertz CT molecular complexity index is 335. The summed E-state index contributed by atoms with van der Waals surface area (Å²) in [5, 5.41) is 8.66. The Morgan fingerprint density at radius 3 is 2.33 bits per heavy atom. The Morgan fingerprint density at radius 2 is 1.89 bits per heavy atom. The third-order valence-electron chi connectivity index (χ3n) is 2.17. The first-order valence-corrected chi connectivity index (χ1v) is 6.33. The molecule has 1 aromatic carbocycles. The van der Waals surface area contributed by atoms with Crippen molar-refractivity contribution in [2.75, 3.05) is 6.61 Å². The predicted molar refractivity (Wildman–Crippen MR) is 72.9 cm³/mol. The molecule has 18 heavy (non-hydrogen) atoms. The van der Waals surface area contributed by atoms with Crippen LogP contribution in [-0.2, 0) is 11.2 Å². The fourth-order valence-corrected chi connectivity index (χ4v) is 1.28. The van der Waals surface area contributed by atoms with Crippen molar-refractivity contribution in [2.45, 2.75) is 39.7 Å². The minimum absolute atomic E-state index is 0.337. The summed E-state index contributed by atoms with van der Waals surface area (Å²) in [6, 6.07) is 6.50. The number of ether oxygens (including phenoxy) is 1. The van der Waals surface area contributed by atoms with E-state index in [1.54, 1.807) is 0 Å². The van der Waals surface area contributed by atoms with Crippen LogP contribution in [0.15, 0.2) is 24.3 Å². The Morgan fingerprint density at radius 1 is 1.33 bits per heavy atom. The maximum absolute atomic E-state index is 10.6. The monoisotopic (exact) mass is 253 g/mol. The Kier molecular flexibility index (Phi) is 8.66. The summed E-state index contributed by atoms with van der Waals surface area (Å²) in [4.78, 5) is 10.6. The second kappa shape index (κ2) is 9.48. The fraction of sp³-hybridized carbons (Fsp3) is 0.500. The zero-order chi connectivity index (χ0) is 14.0. The molecule has 1 atom stereocenters. The van der Waals surface area contributed by atoms with E-state index in [1.165, 1.54) is 0 Å². The van der Waals surface area contributed by atoms with Gasteiger partial charge in [-0.2, -0.15) is 0 Å². The first-order chi connectivity index (χ1) is 8.63. The van der Waals surface area contributed by atoms with Crippen LogP contribution in [0.1, 0.15) is 32.8 Å². The van der Waals surface area contributed by atoms with Gasteiger partial charge in [0.25, 0.3) is 0 Å². The van der Waals surface area contributed by atoms with Gasteiger partial charge in [-0.15, -0.1) is 0 Å². The molecule has 0 aliphatic heterocycles. The molecule has 0 radical (unpaired) electrons. The fourth-order valence-electron chi connectivity index (χ4n) is 1.28. The number of carboxylic acids is 1. The lowest BCUT2D eigenvalue weighted by molar-refractivity contribution is -0.138. The number of benzene rings is 1. The molecule has 0 amide bonds. The number of hydrogen-bond donors (Lipinski definition) is 2. The zero-order valence-electron chi connectivity index (χ0n) is 11.3. The first kappa shape index (κ1) is 16.4. The van der Waals surface area contributed by atoms with Gasteiger partial charge >= 0.3 is 5.97 Å².